The van der Waals surface area contributed by atoms with Gasteiger partial charge in [-0.05, 0) is 6.92 Å². The Bertz CT molecular complexity index is 696. The van der Waals surface area contributed by atoms with Gasteiger partial charge in [0.1, 0.15) is 0 Å². The number of ether oxygens (including phenoxy) is 1. The summed E-state index contributed by atoms with van der Waals surface area (Å²) < 4.78 is 5.43. The number of aromatic nitrogens is 2. The van der Waals surface area contributed by atoms with Crippen LogP contribution < -0.4 is 9.64 Å². The minimum atomic E-state index is -0.515. The van der Waals surface area contributed by atoms with E-state index in [4.69, 9.17) is 16.3 Å². The van der Waals surface area contributed by atoms with Gasteiger partial charge in [-0.15, -0.1) is 11.3 Å². The molecular formula is C13H15ClN4O4S. The van der Waals surface area contributed by atoms with Crippen LogP contribution in [0.5, 0.6) is 5.88 Å². The zero-order valence-electron chi connectivity index (χ0n) is 12.5. The smallest absolute Gasteiger partial charge is 0.311 e. The van der Waals surface area contributed by atoms with Gasteiger partial charge in [-0.3, -0.25) is 10.1 Å². The van der Waals surface area contributed by atoms with Crippen LogP contribution in [0.3, 0.4) is 0 Å². The van der Waals surface area contributed by atoms with Gasteiger partial charge in [-0.1, -0.05) is 11.6 Å². The lowest BCUT2D eigenvalue weighted by Crippen LogP contribution is -2.36. The van der Waals surface area contributed by atoms with E-state index in [9.17, 15) is 15.2 Å². The van der Waals surface area contributed by atoms with Crippen molar-refractivity contribution >= 4 is 34.4 Å². The molecule has 0 aliphatic heterocycles. The summed E-state index contributed by atoms with van der Waals surface area (Å²) in [5, 5.41) is 20.8. The number of rotatable bonds is 7. The highest BCUT2D eigenvalue weighted by atomic mass is 35.5. The first kappa shape index (κ1) is 17.4. The summed E-state index contributed by atoms with van der Waals surface area (Å²) in [6.45, 7) is 1.84. The summed E-state index contributed by atoms with van der Waals surface area (Å²) in [6.07, 6.45) is 1.59. The Kier molecular flexibility index (Phi) is 5.69. The third-order valence-electron chi connectivity index (χ3n) is 3.15. The average Bonchev–Trinajstić information content (AvgIpc) is 2.96. The lowest BCUT2D eigenvalue weighted by atomic mass is 10.2. The number of thiazole rings is 1. The van der Waals surface area contributed by atoms with Gasteiger partial charge in [0.25, 0.3) is 0 Å². The van der Waals surface area contributed by atoms with Crippen molar-refractivity contribution in [3.8, 4) is 5.88 Å². The molecule has 2 aromatic rings. The van der Waals surface area contributed by atoms with Gasteiger partial charge >= 0.3 is 5.69 Å². The largest absolute Gasteiger partial charge is 0.481 e. The number of pyridine rings is 1. The normalized spacial score (nSPS) is 12.0. The number of hydrogen-bond donors (Lipinski definition) is 1. The minimum Gasteiger partial charge on any atom is -0.481 e. The zero-order chi connectivity index (χ0) is 17.0. The van der Waals surface area contributed by atoms with E-state index < -0.39 is 11.0 Å². The van der Waals surface area contributed by atoms with E-state index in [0.717, 1.165) is 4.88 Å². The molecule has 0 radical (unpaired) electrons. The first-order valence-corrected chi connectivity index (χ1v) is 7.82. The molecule has 2 rings (SSSR count). The van der Waals surface area contributed by atoms with Crippen molar-refractivity contribution in [1.82, 2.24) is 9.97 Å². The van der Waals surface area contributed by atoms with E-state index in [1.165, 1.54) is 30.6 Å². The predicted octanol–water partition coefficient (Wildman–Crippen LogP) is 2.50. The summed E-state index contributed by atoms with van der Waals surface area (Å²) in [4.78, 5) is 21.4. The van der Waals surface area contributed by atoms with Gasteiger partial charge in [0.2, 0.25) is 11.7 Å². The SMILES string of the molecule is COc1ccc([N+](=O)[O-])c(N(Cc2cnc(Cl)s2)[C@@H](C)CO)n1. The van der Waals surface area contributed by atoms with Crippen molar-refractivity contribution in [3.63, 3.8) is 0 Å². The predicted molar refractivity (Wildman–Crippen MR) is 87.3 cm³/mol. The first-order chi connectivity index (χ1) is 11.0. The first-order valence-electron chi connectivity index (χ1n) is 6.63. The number of hydrogen-bond acceptors (Lipinski definition) is 8. The molecule has 1 atom stereocenters. The molecular weight excluding hydrogens is 344 g/mol. The highest BCUT2D eigenvalue weighted by Gasteiger charge is 2.26. The molecule has 0 saturated heterocycles. The molecule has 124 valence electrons. The molecule has 1 N–H and O–H groups in total. The number of anilines is 1. The monoisotopic (exact) mass is 358 g/mol. The number of methoxy groups -OCH3 is 1. The lowest BCUT2D eigenvalue weighted by molar-refractivity contribution is -0.384. The van der Waals surface area contributed by atoms with Crippen molar-refractivity contribution < 1.29 is 14.8 Å². The maximum Gasteiger partial charge on any atom is 0.311 e. The van der Waals surface area contributed by atoms with E-state index in [1.54, 1.807) is 18.0 Å². The number of nitrogens with zero attached hydrogens (tertiary/aromatic N) is 4. The molecule has 0 fully saturated rings. The van der Waals surface area contributed by atoms with Crippen LogP contribution in [0.25, 0.3) is 0 Å². The van der Waals surface area contributed by atoms with E-state index in [0.29, 0.717) is 4.47 Å². The fourth-order valence-corrected chi connectivity index (χ4v) is 2.93. The van der Waals surface area contributed by atoms with Gasteiger partial charge in [0.05, 0.1) is 31.2 Å². The Morgan fingerprint density at radius 2 is 2.30 bits per heavy atom. The Balaban J connectivity index is 2.47. The summed E-state index contributed by atoms with van der Waals surface area (Å²) >= 11 is 7.09. The molecule has 10 heteroatoms. The molecule has 0 bridgehead atoms. The highest BCUT2D eigenvalue weighted by molar-refractivity contribution is 7.15. The second-order valence-electron chi connectivity index (χ2n) is 4.69. The second-order valence-corrected chi connectivity index (χ2v) is 6.39. The average molecular weight is 359 g/mol. The van der Waals surface area contributed by atoms with E-state index in [2.05, 4.69) is 9.97 Å². The highest BCUT2D eigenvalue weighted by Crippen LogP contribution is 2.32. The van der Waals surface area contributed by atoms with Crippen LogP contribution in [0.4, 0.5) is 11.5 Å². The Morgan fingerprint density at radius 1 is 1.57 bits per heavy atom. The Hall–Kier alpha value is -1.97. The molecule has 2 heterocycles. The Labute approximate surface area is 141 Å². The topological polar surface area (TPSA) is 102 Å². The van der Waals surface area contributed by atoms with Crippen molar-refractivity contribution in [2.75, 3.05) is 18.6 Å². The van der Waals surface area contributed by atoms with Crippen LogP contribution in [0.1, 0.15) is 11.8 Å². The molecule has 2 aromatic heterocycles. The number of halogens is 1. The minimum absolute atomic E-state index is 0.125. The van der Waals surface area contributed by atoms with Gasteiger partial charge in [0, 0.05) is 23.2 Å². The zero-order valence-corrected chi connectivity index (χ0v) is 14.0. The molecule has 0 aromatic carbocycles. The summed E-state index contributed by atoms with van der Waals surface area (Å²) in [6, 6.07) is 2.36. The van der Waals surface area contributed by atoms with Gasteiger partial charge in [-0.25, -0.2) is 4.98 Å². The second kappa shape index (κ2) is 7.53. The van der Waals surface area contributed by atoms with Crippen molar-refractivity contribution in [2.24, 2.45) is 0 Å². The molecule has 8 nitrogen and oxygen atoms in total. The van der Waals surface area contributed by atoms with Gasteiger partial charge < -0.3 is 14.7 Å². The molecule has 0 amide bonds. The van der Waals surface area contributed by atoms with E-state index >= 15 is 0 Å². The third-order valence-corrected chi connectivity index (χ3v) is 4.25. The van der Waals surface area contributed by atoms with Gasteiger partial charge in [0.15, 0.2) is 4.47 Å². The molecule has 0 aliphatic rings. The number of aliphatic hydroxyl groups is 1. The Morgan fingerprint density at radius 3 is 2.83 bits per heavy atom. The van der Waals surface area contributed by atoms with Crippen LogP contribution in [-0.2, 0) is 6.54 Å². The summed E-state index contributed by atoms with van der Waals surface area (Å²) in [5.74, 6) is 0.378. The van der Waals surface area contributed by atoms with Crippen LogP contribution in [0.2, 0.25) is 4.47 Å². The van der Waals surface area contributed by atoms with Crippen LogP contribution in [0.15, 0.2) is 18.3 Å². The number of aliphatic hydroxyl groups excluding tert-OH is 1. The molecule has 0 saturated carbocycles. The van der Waals surface area contributed by atoms with Crippen molar-refractivity contribution in [1.29, 1.82) is 0 Å². The van der Waals surface area contributed by atoms with Crippen LogP contribution >= 0.6 is 22.9 Å². The fourth-order valence-electron chi connectivity index (χ4n) is 1.95. The van der Waals surface area contributed by atoms with Crippen LogP contribution in [-0.4, -0.2) is 39.8 Å². The molecule has 23 heavy (non-hydrogen) atoms. The van der Waals surface area contributed by atoms with Crippen LogP contribution in [0, 0.1) is 10.1 Å². The maximum absolute atomic E-state index is 11.3. The molecule has 0 spiro atoms. The summed E-state index contributed by atoms with van der Waals surface area (Å²) in [5.41, 5.74) is -0.165. The molecule has 0 unspecified atom stereocenters. The maximum atomic E-state index is 11.3. The van der Waals surface area contributed by atoms with Gasteiger partial charge in [-0.2, -0.15) is 4.98 Å². The lowest BCUT2D eigenvalue weighted by Gasteiger charge is -2.28. The standard InChI is InChI=1S/C13H15ClN4O4S/c1-8(7-19)17(6-9-5-15-13(14)23-9)12-10(18(20)21)3-4-11(16-12)22-2/h3-5,8,19H,6-7H2,1-2H3/t8-/m0/s1. The van der Waals surface area contributed by atoms with E-state index in [1.807, 2.05) is 0 Å². The molecule has 0 aliphatic carbocycles. The van der Waals surface area contributed by atoms with E-state index in [-0.39, 0.29) is 30.5 Å². The van der Waals surface area contributed by atoms with Crippen molar-refractivity contribution in [3.05, 3.63) is 37.8 Å². The van der Waals surface area contributed by atoms with Crippen molar-refractivity contribution in [2.45, 2.75) is 19.5 Å². The summed E-state index contributed by atoms with van der Waals surface area (Å²) in [7, 11) is 1.43. The number of nitro groups is 1. The third kappa shape index (κ3) is 4.06. The quantitative estimate of drug-likeness (QED) is 0.599. The fraction of sp³-hybridized carbons (Fsp3) is 0.385.